The Labute approximate surface area is 167 Å². The maximum atomic E-state index is 12.4. The molecule has 1 N–H and O–H groups in total. The molecule has 8 heteroatoms. The van der Waals surface area contributed by atoms with Gasteiger partial charge in [0.25, 0.3) is 0 Å². The molecule has 3 rings (SSSR count). The Hall–Kier alpha value is -2.84. The van der Waals surface area contributed by atoms with Gasteiger partial charge < -0.3 is 0 Å². The molecule has 144 valence electrons. The second-order valence-corrected chi connectivity index (χ2v) is 9.29. The highest BCUT2D eigenvalue weighted by Gasteiger charge is 2.16. The monoisotopic (exact) mass is 413 g/mol. The van der Waals surface area contributed by atoms with Crippen LogP contribution in [0.4, 0.5) is 5.13 Å². The summed E-state index contributed by atoms with van der Waals surface area (Å²) in [6, 6.07) is 16.2. The van der Waals surface area contributed by atoms with Crippen LogP contribution in [0.15, 0.2) is 65.6 Å². The number of nitrogens with zero attached hydrogens (tertiary/aromatic N) is 2. The zero-order valence-corrected chi connectivity index (χ0v) is 16.8. The van der Waals surface area contributed by atoms with Crippen LogP contribution in [0.3, 0.4) is 0 Å². The number of benzene rings is 2. The molecule has 3 aromatic rings. The third-order valence-corrected chi connectivity index (χ3v) is 6.52. The van der Waals surface area contributed by atoms with Gasteiger partial charge in [-0.15, -0.1) is 10.2 Å². The van der Waals surface area contributed by atoms with Crippen LogP contribution in [0.1, 0.15) is 16.1 Å². The molecule has 6 nitrogen and oxygen atoms in total. The van der Waals surface area contributed by atoms with E-state index in [2.05, 4.69) is 15.5 Å². The molecular formula is C20H19N3O3S2. The summed E-state index contributed by atoms with van der Waals surface area (Å²) in [5.74, 6) is -0.383. The molecule has 0 spiro atoms. The summed E-state index contributed by atoms with van der Waals surface area (Å²) < 4.78 is 24.8. The molecule has 0 saturated heterocycles. The molecule has 0 saturated carbocycles. The van der Waals surface area contributed by atoms with E-state index in [1.807, 2.05) is 37.3 Å². The van der Waals surface area contributed by atoms with Crippen LogP contribution in [-0.2, 0) is 21.1 Å². The van der Waals surface area contributed by atoms with Crippen molar-refractivity contribution < 1.29 is 13.2 Å². The maximum absolute atomic E-state index is 12.4. The van der Waals surface area contributed by atoms with Gasteiger partial charge in [0.2, 0.25) is 11.0 Å². The Morgan fingerprint density at radius 2 is 1.79 bits per heavy atom. The Morgan fingerprint density at radius 3 is 2.50 bits per heavy atom. The zero-order valence-electron chi connectivity index (χ0n) is 15.2. The summed E-state index contributed by atoms with van der Waals surface area (Å²) in [5.41, 5.74) is 1.92. The molecule has 0 fully saturated rings. The van der Waals surface area contributed by atoms with E-state index in [1.54, 1.807) is 30.3 Å². The zero-order chi connectivity index (χ0) is 20.0. The van der Waals surface area contributed by atoms with Crippen molar-refractivity contribution in [2.24, 2.45) is 0 Å². The summed E-state index contributed by atoms with van der Waals surface area (Å²) in [6.45, 7) is 1.91. The Kier molecular flexibility index (Phi) is 6.33. The van der Waals surface area contributed by atoms with Crippen molar-refractivity contribution >= 4 is 38.3 Å². The number of anilines is 1. The Morgan fingerprint density at radius 1 is 1.07 bits per heavy atom. The largest absolute Gasteiger partial charge is 0.297 e. The molecule has 0 radical (unpaired) electrons. The molecule has 0 aliphatic rings. The first-order valence-electron chi connectivity index (χ1n) is 8.58. The smallest absolute Gasteiger partial charge is 0.250 e. The first-order chi connectivity index (χ1) is 13.4. The van der Waals surface area contributed by atoms with Gasteiger partial charge in [-0.2, -0.15) is 0 Å². The van der Waals surface area contributed by atoms with Crippen LogP contribution in [0.25, 0.3) is 6.08 Å². The highest BCUT2D eigenvalue weighted by molar-refractivity contribution is 7.91. The number of carbonyl (C=O) groups is 1. The second kappa shape index (κ2) is 8.90. The minimum atomic E-state index is -3.39. The summed E-state index contributed by atoms with van der Waals surface area (Å²) in [7, 11) is -3.39. The highest BCUT2D eigenvalue weighted by atomic mass is 32.2. The van der Waals surface area contributed by atoms with E-state index in [-0.39, 0.29) is 18.1 Å². The lowest BCUT2D eigenvalue weighted by molar-refractivity contribution is -0.111. The van der Waals surface area contributed by atoms with E-state index in [0.29, 0.717) is 15.0 Å². The molecule has 0 bridgehead atoms. The number of rotatable bonds is 7. The van der Waals surface area contributed by atoms with Crippen molar-refractivity contribution in [3.63, 3.8) is 0 Å². The Bertz CT molecular complexity index is 1070. The van der Waals surface area contributed by atoms with Gasteiger partial charge in [0, 0.05) is 12.5 Å². The number of hydrogen-bond acceptors (Lipinski definition) is 6. The van der Waals surface area contributed by atoms with E-state index in [4.69, 9.17) is 0 Å². The summed E-state index contributed by atoms with van der Waals surface area (Å²) in [6.07, 6.45) is 3.35. The van der Waals surface area contributed by atoms with Crippen molar-refractivity contribution in [3.8, 4) is 0 Å². The number of sulfone groups is 1. The lowest BCUT2D eigenvalue weighted by Gasteiger charge is -2.03. The van der Waals surface area contributed by atoms with Crippen molar-refractivity contribution in [3.05, 3.63) is 76.8 Å². The van der Waals surface area contributed by atoms with Crippen LogP contribution < -0.4 is 5.32 Å². The molecular weight excluding hydrogens is 394 g/mol. The summed E-state index contributed by atoms with van der Waals surface area (Å²) >= 11 is 1.17. The second-order valence-electron chi connectivity index (χ2n) is 6.12. The third-order valence-electron chi connectivity index (χ3n) is 3.89. The van der Waals surface area contributed by atoms with Crippen LogP contribution in [0, 0.1) is 6.92 Å². The molecule has 1 heterocycles. The number of hydrogen-bond donors (Lipinski definition) is 1. The third kappa shape index (κ3) is 5.58. The van der Waals surface area contributed by atoms with Crippen molar-refractivity contribution in [2.75, 3.05) is 11.1 Å². The molecule has 0 unspecified atom stereocenters. The number of aryl methyl sites for hydroxylation is 2. The number of carbonyl (C=O) groups excluding carboxylic acids is 1. The molecule has 1 amide bonds. The summed E-state index contributed by atoms with van der Waals surface area (Å²) in [4.78, 5) is 12.3. The first-order valence-corrected chi connectivity index (χ1v) is 11.1. The lowest BCUT2D eigenvalue weighted by Crippen LogP contribution is -2.09. The molecule has 2 aromatic carbocycles. The lowest BCUT2D eigenvalue weighted by atomic mass is 10.2. The predicted molar refractivity (Wildman–Crippen MR) is 111 cm³/mol. The normalized spacial score (nSPS) is 11.6. The number of amides is 1. The maximum Gasteiger partial charge on any atom is 0.250 e. The van der Waals surface area contributed by atoms with Crippen molar-refractivity contribution in [1.82, 2.24) is 10.2 Å². The van der Waals surface area contributed by atoms with E-state index >= 15 is 0 Å². The molecule has 28 heavy (non-hydrogen) atoms. The van der Waals surface area contributed by atoms with Crippen molar-refractivity contribution in [2.45, 2.75) is 18.2 Å². The van der Waals surface area contributed by atoms with Gasteiger partial charge in [0.15, 0.2) is 9.84 Å². The summed E-state index contributed by atoms with van der Waals surface area (Å²) in [5, 5.41) is 11.4. The van der Waals surface area contributed by atoms with Gasteiger partial charge >= 0.3 is 0 Å². The fourth-order valence-corrected chi connectivity index (χ4v) is 4.49. The van der Waals surface area contributed by atoms with Crippen LogP contribution >= 0.6 is 11.3 Å². The fourth-order valence-electron chi connectivity index (χ4n) is 2.37. The SMILES string of the molecule is Cc1ccc(S(=O)(=O)CCc2nnc(NC(=O)/C=C/c3ccccc3)s2)cc1. The fraction of sp³-hybridized carbons (Fsp3) is 0.150. The van der Waals surface area contributed by atoms with Gasteiger partial charge in [-0.1, -0.05) is 59.4 Å². The van der Waals surface area contributed by atoms with Gasteiger partial charge in [0.1, 0.15) is 5.01 Å². The van der Waals surface area contributed by atoms with Crippen molar-refractivity contribution in [1.29, 1.82) is 0 Å². The predicted octanol–water partition coefficient (Wildman–Crippen LogP) is 3.51. The topological polar surface area (TPSA) is 89.0 Å². The minimum Gasteiger partial charge on any atom is -0.297 e. The average Bonchev–Trinajstić information content (AvgIpc) is 3.13. The standard InChI is InChI=1S/C20H19N3O3S2/c1-15-7-10-17(11-8-15)28(25,26)14-13-19-22-23-20(27-19)21-18(24)12-9-16-5-3-2-4-6-16/h2-12H,13-14H2,1H3,(H,21,23,24)/b12-9+. The van der Waals surface area contributed by atoms with Gasteiger partial charge in [-0.3, -0.25) is 10.1 Å². The molecule has 0 aliphatic carbocycles. The number of aromatic nitrogens is 2. The molecule has 0 atom stereocenters. The molecule has 0 aliphatic heterocycles. The van der Waals surface area contributed by atoms with Crippen LogP contribution in [0.2, 0.25) is 0 Å². The van der Waals surface area contributed by atoms with E-state index < -0.39 is 9.84 Å². The quantitative estimate of drug-likeness (QED) is 0.599. The first kappa shape index (κ1) is 19.9. The van der Waals surface area contributed by atoms with E-state index in [1.165, 1.54) is 17.4 Å². The van der Waals surface area contributed by atoms with E-state index in [0.717, 1.165) is 11.1 Å². The van der Waals surface area contributed by atoms with E-state index in [9.17, 15) is 13.2 Å². The van der Waals surface area contributed by atoms with Crippen LogP contribution in [-0.4, -0.2) is 30.3 Å². The Balaban J connectivity index is 1.56. The van der Waals surface area contributed by atoms with Gasteiger partial charge in [-0.25, -0.2) is 8.42 Å². The van der Waals surface area contributed by atoms with Crippen LogP contribution in [0.5, 0.6) is 0 Å². The van der Waals surface area contributed by atoms with Gasteiger partial charge in [-0.05, 0) is 30.7 Å². The molecule has 1 aromatic heterocycles. The highest BCUT2D eigenvalue weighted by Crippen LogP contribution is 2.18. The number of nitrogens with one attached hydrogen (secondary N) is 1. The minimum absolute atomic E-state index is 0.0629. The van der Waals surface area contributed by atoms with Gasteiger partial charge in [0.05, 0.1) is 10.6 Å². The average molecular weight is 414 g/mol.